The van der Waals surface area contributed by atoms with Gasteiger partial charge in [0.2, 0.25) is 0 Å². The largest absolute Gasteiger partial charge is 0.507 e. The second-order valence-electron chi connectivity index (χ2n) is 5.10. The summed E-state index contributed by atoms with van der Waals surface area (Å²) in [4.78, 5) is 2.01. The zero-order valence-electron chi connectivity index (χ0n) is 11.2. The van der Waals surface area contributed by atoms with Crippen molar-refractivity contribution in [2.45, 2.75) is 19.4 Å². The van der Waals surface area contributed by atoms with Gasteiger partial charge in [0.25, 0.3) is 0 Å². The molecule has 0 fully saturated rings. The van der Waals surface area contributed by atoms with Crippen LogP contribution in [0, 0.1) is 5.82 Å². The normalized spacial score (nSPS) is 15.2. The van der Waals surface area contributed by atoms with Crippen LogP contribution in [-0.4, -0.2) is 16.8 Å². The van der Waals surface area contributed by atoms with Crippen LogP contribution in [0.1, 0.15) is 24.1 Å². The molecule has 1 atom stereocenters. The first-order valence-corrected chi connectivity index (χ1v) is 6.64. The molecule has 0 amide bonds. The molecule has 0 saturated carbocycles. The zero-order chi connectivity index (χ0) is 14.3. The SMILES string of the molecule is CC(c1c(O)cccc1O)N1CCc2ccc(F)cc21. The van der Waals surface area contributed by atoms with Crippen molar-refractivity contribution in [2.75, 3.05) is 11.4 Å². The molecule has 2 N–H and O–H groups in total. The fraction of sp³-hybridized carbons (Fsp3) is 0.250. The monoisotopic (exact) mass is 273 g/mol. The third-order valence-corrected chi connectivity index (χ3v) is 3.92. The highest BCUT2D eigenvalue weighted by atomic mass is 19.1. The number of phenolic OH excluding ortho intramolecular Hbond substituents is 2. The molecule has 1 aliphatic rings. The van der Waals surface area contributed by atoms with Gasteiger partial charge in [-0.05, 0) is 43.2 Å². The number of anilines is 1. The van der Waals surface area contributed by atoms with Gasteiger partial charge in [0.05, 0.1) is 11.6 Å². The first kappa shape index (κ1) is 12.8. The molecule has 1 heterocycles. The Hall–Kier alpha value is -2.23. The summed E-state index contributed by atoms with van der Waals surface area (Å²) in [6.07, 6.45) is 0.842. The molecule has 0 aromatic heterocycles. The van der Waals surface area contributed by atoms with E-state index < -0.39 is 0 Å². The average Bonchev–Trinajstić information content (AvgIpc) is 2.81. The molecule has 1 unspecified atom stereocenters. The molecule has 0 radical (unpaired) electrons. The van der Waals surface area contributed by atoms with Crippen molar-refractivity contribution < 1.29 is 14.6 Å². The quantitative estimate of drug-likeness (QED) is 0.881. The van der Waals surface area contributed by atoms with Crippen molar-refractivity contribution in [3.8, 4) is 11.5 Å². The van der Waals surface area contributed by atoms with E-state index >= 15 is 0 Å². The summed E-state index contributed by atoms with van der Waals surface area (Å²) in [5.41, 5.74) is 2.40. The maximum atomic E-state index is 13.4. The molecular formula is C16H16FNO2. The second kappa shape index (κ2) is 4.71. The molecule has 3 nitrogen and oxygen atoms in total. The van der Waals surface area contributed by atoms with E-state index in [0.29, 0.717) is 5.56 Å². The molecule has 2 aromatic rings. The lowest BCUT2D eigenvalue weighted by Crippen LogP contribution is -2.24. The zero-order valence-corrected chi connectivity index (χ0v) is 11.2. The highest BCUT2D eigenvalue weighted by molar-refractivity contribution is 5.61. The molecule has 104 valence electrons. The van der Waals surface area contributed by atoms with Gasteiger partial charge >= 0.3 is 0 Å². The molecule has 4 heteroatoms. The standard InChI is InChI=1S/C16H16FNO2/c1-10(16-14(19)3-2-4-15(16)20)18-8-7-11-5-6-12(17)9-13(11)18/h2-6,9-10,19-20H,7-8H2,1H3. The van der Waals surface area contributed by atoms with E-state index in [-0.39, 0.29) is 23.4 Å². The minimum absolute atomic E-state index is 0.0577. The maximum absolute atomic E-state index is 13.4. The number of phenols is 2. The van der Waals surface area contributed by atoms with E-state index in [0.717, 1.165) is 24.2 Å². The Balaban J connectivity index is 2.02. The van der Waals surface area contributed by atoms with Crippen LogP contribution in [0.3, 0.4) is 0 Å². The molecular weight excluding hydrogens is 257 g/mol. The van der Waals surface area contributed by atoms with Crippen LogP contribution >= 0.6 is 0 Å². The molecule has 3 rings (SSSR count). The van der Waals surface area contributed by atoms with Crippen LogP contribution in [0.2, 0.25) is 0 Å². The van der Waals surface area contributed by atoms with Crippen LogP contribution in [0.4, 0.5) is 10.1 Å². The minimum atomic E-state index is -0.274. The predicted molar refractivity (Wildman–Crippen MR) is 75.6 cm³/mol. The van der Waals surface area contributed by atoms with Gasteiger partial charge < -0.3 is 15.1 Å². The first-order chi connectivity index (χ1) is 9.58. The van der Waals surface area contributed by atoms with Crippen LogP contribution in [-0.2, 0) is 6.42 Å². The van der Waals surface area contributed by atoms with Crippen LogP contribution in [0.15, 0.2) is 36.4 Å². The van der Waals surface area contributed by atoms with E-state index in [1.54, 1.807) is 24.3 Å². The van der Waals surface area contributed by atoms with Crippen molar-refractivity contribution in [3.05, 3.63) is 53.3 Å². The summed E-state index contributed by atoms with van der Waals surface area (Å²) >= 11 is 0. The van der Waals surface area contributed by atoms with Gasteiger partial charge in [0, 0.05) is 12.2 Å². The van der Waals surface area contributed by atoms with Crippen LogP contribution in [0.25, 0.3) is 0 Å². The van der Waals surface area contributed by atoms with Gasteiger partial charge in [-0.25, -0.2) is 4.39 Å². The Morgan fingerprint density at radius 2 is 1.85 bits per heavy atom. The lowest BCUT2D eigenvalue weighted by Gasteiger charge is -2.28. The van der Waals surface area contributed by atoms with Crippen molar-refractivity contribution in [3.63, 3.8) is 0 Å². The molecule has 1 aliphatic heterocycles. The smallest absolute Gasteiger partial charge is 0.125 e. The Morgan fingerprint density at radius 1 is 1.15 bits per heavy atom. The van der Waals surface area contributed by atoms with E-state index in [1.165, 1.54) is 12.1 Å². The minimum Gasteiger partial charge on any atom is -0.507 e. The highest BCUT2D eigenvalue weighted by Gasteiger charge is 2.27. The summed E-state index contributed by atoms with van der Waals surface area (Å²) < 4.78 is 13.4. The van der Waals surface area contributed by atoms with Crippen LogP contribution in [0.5, 0.6) is 11.5 Å². The van der Waals surface area contributed by atoms with E-state index in [2.05, 4.69) is 0 Å². The number of benzene rings is 2. The third kappa shape index (κ3) is 1.97. The van der Waals surface area contributed by atoms with E-state index in [9.17, 15) is 14.6 Å². The lowest BCUT2D eigenvalue weighted by molar-refractivity contribution is 0.429. The number of fused-ring (bicyclic) bond motifs is 1. The Labute approximate surface area is 116 Å². The van der Waals surface area contributed by atoms with Crippen molar-refractivity contribution in [1.29, 1.82) is 0 Å². The molecule has 0 bridgehead atoms. The average molecular weight is 273 g/mol. The number of nitrogens with zero attached hydrogens (tertiary/aromatic N) is 1. The molecule has 0 saturated heterocycles. The van der Waals surface area contributed by atoms with Gasteiger partial charge in [0.15, 0.2) is 0 Å². The molecule has 20 heavy (non-hydrogen) atoms. The van der Waals surface area contributed by atoms with Gasteiger partial charge in [-0.3, -0.25) is 0 Å². The summed E-state index contributed by atoms with van der Waals surface area (Å²) in [5, 5.41) is 19.9. The number of aromatic hydroxyl groups is 2. The maximum Gasteiger partial charge on any atom is 0.125 e. The summed E-state index contributed by atoms with van der Waals surface area (Å²) in [6.45, 7) is 2.64. The van der Waals surface area contributed by atoms with Crippen molar-refractivity contribution >= 4 is 5.69 Å². The number of rotatable bonds is 2. The Morgan fingerprint density at radius 3 is 2.55 bits per heavy atom. The van der Waals surface area contributed by atoms with Gasteiger partial charge in [-0.15, -0.1) is 0 Å². The Bertz CT molecular complexity index is 637. The third-order valence-electron chi connectivity index (χ3n) is 3.92. The topological polar surface area (TPSA) is 43.7 Å². The number of hydrogen-bond donors (Lipinski definition) is 2. The highest BCUT2D eigenvalue weighted by Crippen LogP contribution is 2.41. The molecule has 2 aromatic carbocycles. The molecule has 0 spiro atoms. The number of halogens is 1. The van der Waals surface area contributed by atoms with Crippen LogP contribution < -0.4 is 4.90 Å². The fourth-order valence-corrected chi connectivity index (χ4v) is 2.90. The molecule has 0 aliphatic carbocycles. The lowest BCUT2D eigenvalue weighted by atomic mass is 10.0. The van der Waals surface area contributed by atoms with E-state index in [4.69, 9.17) is 0 Å². The predicted octanol–water partition coefficient (Wildman–Crippen LogP) is 3.36. The van der Waals surface area contributed by atoms with Crippen molar-refractivity contribution in [2.24, 2.45) is 0 Å². The fourth-order valence-electron chi connectivity index (χ4n) is 2.90. The summed E-state index contributed by atoms with van der Waals surface area (Å²) in [6, 6.07) is 9.24. The van der Waals surface area contributed by atoms with Gasteiger partial charge in [-0.1, -0.05) is 12.1 Å². The Kier molecular flexibility index (Phi) is 3.01. The summed E-state index contributed by atoms with van der Waals surface area (Å²) in [5.74, 6) is -0.158. The van der Waals surface area contributed by atoms with E-state index in [1.807, 2.05) is 11.8 Å². The van der Waals surface area contributed by atoms with Gasteiger partial charge in [0.1, 0.15) is 17.3 Å². The summed E-state index contributed by atoms with van der Waals surface area (Å²) in [7, 11) is 0. The second-order valence-corrected chi connectivity index (χ2v) is 5.10. The van der Waals surface area contributed by atoms with Crippen molar-refractivity contribution in [1.82, 2.24) is 0 Å². The number of hydrogen-bond acceptors (Lipinski definition) is 3. The first-order valence-electron chi connectivity index (χ1n) is 6.64. The van der Waals surface area contributed by atoms with Gasteiger partial charge in [-0.2, -0.15) is 0 Å².